The van der Waals surface area contributed by atoms with Gasteiger partial charge in [0.05, 0.1) is 22.2 Å². The van der Waals surface area contributed by atoms with Crippen LogP contribution in [0.25, 0.3) is 0 Å². The zero-order chi connectivity index (χ0) is 23.1. The number of hydrazone groups is 1. The standard InChI is InChI=1S/C22H23BrN6O3/c1-3-27(4-2)18-9-5-16(6-10-18)13-24-25-22(30)21-20(23)15-28(26-21)14-17-7-11-19(12-8-17)29(31)32/h5-13,15H,3-4,14H2,1-2H3,(H,25,30). The van der Waals surface area contributed by atoms with E-state index in [0.717, 1.165) is 29.9 Å². The molecule has 0 aliphatic heterocycles. The third kappa shape index (κ3) is 5.79. The summed E-state index contributed by atoms with van der Waals surface area (Å²) in [6.45, 7) is 6.46. The van der Waals surface area contributed by atoms with Crippen molar-refractivity contribution in [2.45, 2.75) is 20.4 Å². The summed E-state index contributed by atoms with van der Waals surface area (Å²) in [5.41, 5.74) is 5.53. The minimum absolute atomic E-state index is 0.0241. The van der Waals surface area contributed by atoms with Crippen molar-refractivity contribution in [2.75, 3.05) is 18.0 Å². The second-order valence-electron chi connectivity index (χ2n) is 6.91. The van der Waals surface area contributed by atoms with Gasteiger partial charge in [-0.15, -0.1) is 0 Å². The Labute approximate surface area is 194 Å². The van der Waals surface area contributed by atoms with Crippen LogP contribution in [-0.4, -0.2) is 39.9 Å². The van der Waals surface area contributed by atoms with E-state index in [-0.39, 0.29) is 11.4 Å². The van der Waals surface area contributed by atoms with Gasteiger partial charge in [-0.1, -0.05) is 24.3 Å². The largest absolute Gasteiger partial charge is 0.372 e. The highest BCUT2D eigenvalue weighted by Gasteiger charge is 2.15. The van der Waals surface area contributed by atoms with Crippen molar-refractivity contribution in [3.8, 4) is 0 Å². The number of carbonyl (C=O) groups is 1. The highest BCUT2D eigenvalue weighted by Crippen LogP contribution is 2.18. The van der Waals surface area contributed by atoms with Gasteiger partial charge in [-0.05, 0) is 53.0 Å². The van der Waals surface area contributed by atoms with E-state index in [4.69, 9.17) is 0 Å². The number of aromatic nitrogens is 2. The van der Waals surface area contributed by atoms with E-state index in [1.54, 1.807) is 29.2 Å². The van der Waals surface area contributed by atoms with E-state index in [2.05, 4.69) is 50.3 Å². The van der Waals surface area contributed by atoms with Crippen LogP contribution in [0.15, 0.2) is 64.3 Å². The molecule has 0 aliphatic rings. The van der Waals surface area contributed by atoms with Crippen LogP contribution in [0.4, 0.5) is 11.4 Å². The highest BCUT2D eigenvalue weighted by atomic mass is 79.9. The molecule has 9 nitrogen and oxygen atoms in total. The van der Waals surface area contributed by atoms with Crippen LogP contribution in [0.1, 0.15) is 35.5 Å². The number of carbonyl (C=O) groups excluding carboxylic acids is 1. The molecule has 0 bridgehead atoms. The number of hydrogen-bond acceptors (Lipinski definition) is 6. The third-order valence-electron chi connectivity index (χ3n) is 4.83. The zero-order valence-electron chi connectivity index (χ0n) is 17.7. The number of anilines is 1. The second kappa shape index (κ2) is 10.7. The van der Waals surface area contributed by atoms with Gasteiger partial charge >= 0.3 is 0 Å². The molecule has 1 amide bonds. The van der Waals surface area contributed by atoms with Crippen LogP contribution < -0.4 is 10.3 Å². The van der Waals surface area contributed by atoms with E-state index in [9.17, 15) is 14.9 Å². The minimum Gasteiger partial charge on any atom is -0.372 e. The molecule has 0 unspecified atom stereocenters. The van der Waals surface area contributed by atoms with Crippen LogP contribution in [0, 0.1) is 10.1 Å². The van der Waals surface area contributed by atoms with Gasteiger partial charge in [0.1, 0.15) is 0 Å². The Balaban J connectivity index is 1.60. The molecule has 0 saturated heterocycles. The predicted octanol–water partition coefficient (Wildman–Crippen LogP) is 4.21. The van der Waals surface area contributed by atoms with E-state index in [1.807, 2.05) is 24.3 Å². The second-order valence-corrected chi connectivity index (χ2v) is 7.76. The van der Waals surface area contributed by atoms with Gasteiger partial charge in [0.15, 0.2) is 5.69 Å². The number of nitrogens with one attached hydrogen (secondary N) is 1. The Morgan fingerprint density at radius 2 is 1.84 bits per heavy atom. The first-order valence-electron chi connectivity index (χ1n) is 10.1. The number of nitrogens with zero attached hydrogens (tertiary/aromatic N) is 5. The predicted molar refractivity (Wildman–Crippen MR) is 127 cm³/mol. The number of rotatable bonds is 9. The number of benzene rings is 2. The van der Waals surface area contributed by atoms with Gasteiger partial charge < -0.3 is 4.90 Å². The molecule has 1 heterocycles. The highest BCUT2D eigenvalue weighted by molar-refractivity contribution is 9.10. The van der Waals surface area contributed by atoms with Crippen molar-refractivity contribution in [1.82, 2.24) is 15.2 Å². The number of hydrogen-bond donors (Lipinski definition) is 1. The quantitative estimate of drug-likeness (QED) is 0.270. The molecule has 0 spiro atoms. The maximum atomic E-state index is 12.4. The molecule has 1 N–H and O–H groups in total. The van der Waals surface area contributed by atoms with Gasteiger partial charge in [0, 0.05) is 37.1 Å². The van der Waals surface area contributed by atoms with Gasteiger partial charge in [-0.25, -0.2) is 5.43 Å². The summed E-state index contributed by atoms with van der Waals surface area (Å²) in [6.07, 6.45) is 3.25. The lowest BCUT2D eigenvalue weighted by Gasteiger charge is -2.20. The molecule has 0 radical (unpaired) electrons. The number of halogens is 1. The van der Waals surface area contributed by atoms with Gasteiger partial charge in [-0.2, -0.15) is 10.2 Å². The Morgan fingerprint density at radius 3 is 2.44 bits per heavy atom. The van der Waals surface area contributed by atoms with E-state index in [0.29, 0.717) is 11.0 Å². The van der Waals surface area contributed by atoms with Crippen molar-refractivity contribution in [3.05, 3.63) is 86.1 Å². The van der Waals surface area contributed by atoms with E-state index < -0.39 is 10.8 Å². The smallest absolute Gasteiger partial charge is 0.293 e. The average molecular weight is 499 g/mol. The molecule has 166 valence electrons. The Morgan fingerprint density at radius 1 is 1.19 bits per heavy atom. The van der Waals surface area contributed by atoms with Crippen LogP contribution in [0.3, 0.4) is 0 Å². The van der Waals surface area contributed by atoms with Crippen molar-refractivity contribution in [2.24, 2.45) is 5.10 Å². The SMILES string of the molecule is CCN(CC)c1ccc(C=NNC(=O)c2nn(Cc3ccc([N+](=O)[O-])cc3)cc2Br)cc1. The van der Waals surface area contributed by atoms with Crippen LogP contribution in [0.2, 0.25) is 0 Å². The van der Waals surface area contributed by atoms with Crippen molar-refractivity contribution in [3.63, 3.8) is 0 Å². The fraction of sp³-hybridized carbons (Fsp3) is 0.227. The first-order chi connectivity index (χ1) is 15.4. The number of amides is 1. The molecular weight excluding hydrogens is 476 g/mol. The van der Waals surface area contributed by atoms with Gasteiger partial charge in [0.2, 0.25) is 0 Å². The Hall–Kier alpha value is -3.53. The van der Waals surface area contributed by atoms with Crippen molar-refractivity contribution in [1.29, 1.82) is 0 Å². The van der Waals surface area contributed by atoms with Gasteiger partial charge in [0.25, 0.3) is 11.6 Å². The lowest BCUT2D eigenvalue weighted by Crippen LogP contribution is -2.21. The summed E-state index contributed by atoms with van der Waals surface area (Å²) in [5.74, 6) is -0.449. The average Bonchev–Trinajstić information content (AvgIpc) is 3.16. The van der Waals surface area contributed by atoms with E-state index >= 15 is 0 Å². The Bertz CT molecular complexity index is 1110. The Kier molecular flexibility index (Phi) is 7.72. The summed E-state index contributed by atoms with van der Waals surface area (Å²) < 4.78 is 2.10. The first kappa shape index (κ1) is 23.1. The third-order valence-corrected chi connectivity index (χ3v) is 5.41. The van der Waals surface area contributed by atoms with Crippen LogP contribution >= 0.6 is 15.9 Å². The molecule has 32 heavy (non-hydrogen) atoms. The maximum absolute atomic E-state index is 12.4. The normalized spacial score (nSPS) is 11.0. The summed E-state index contributed by atoms with van der Waals surface area (Å²) >= 11 is 3.34. The molecule has 3 rings (SSSR count). The van der Waals surface area contributed by atoms with Crippen LogP contribution in [-0.2, 0) is 6.54 Å². The number of nitro groups is 1. The lowest BCUT2D eigenvalue weighted by molar-refractivity contribution is -0.384. The fourth-order valence-electron chi connectivity index (χ4n) is 3.12. The molecule has 0 aliphatic carbocycles. The summed E-state index contributed by atoms with van der Waals surface area (Å²) in [7, 11) is 0. The minimum atomic E-state index is -0.449. The molecule has 2 aromatic carbocycles. The summed E-state index contributed by atoms with van der Waals surface area (Å²) in [5, 5.41) is 19.1. The summed E-state index contributed by atoms with van der Waals surface area (Å²) in [6, 6.07) is 14.1. The fourth-order valence-corrected chi connectivity index (χ4v) is 3.62. The lowest BCUT2D eigenvalue weighted by atomic mass is 10.2. The van der Waals surface area contributed by atoms with E-state index in [1.165, 1.54) is 12.1 Å². The molecular formula is C22H23BrN6O3. The maximum Gasteiger partial charge on any atom is 0.293 e. The number of nitro benzene ring substituents is 1. The topological polar surface area (TPSA) is 106 Å². The zero-order valence-corrected chi connectivity index (χ0v) is 19.3. The first-order valence-corrected chi connectivity index (χ1v) is 10.8. The van der Waals surface area contributed by atoms with Crippen molar-refractivity contribution >= 4 is 39.4 Å². The van der Waals surface area contributed by atoms with Crippen molar-refractivity contribution < 1.29 is 9.72 Å². The monoisotopic (exact) mass is 498 g/mol. The molecule has 10 heteroatoms. The molecule has 1 aromatic heterocycles. The van der Waals surface area contributed by atoms with Gasteiger partial charge in [-0.3, -0.25) is 19.6 Å². The molecule has 3 aromatic rings. The number of non-ortho nitro benzene ring substituents is 1. The molecule has 0 fully saturated rings. The molecule has 0 atom stereocenters. The van der Waals surface area contributed by atoms with Crippen LogP contribution in [0.5, 0.6) is 0 Å². The summed E-state index contributed by atoms with van der Waals surface area (Å²) in [4.78, 5) is 25.0. The molecule has 0 saturated carbocycles.